The van der Waals surface area contributed by atoms with E-state index in [1.54, 1.807) is 36.4 Å². The highest BCUT2D eigenvalue weighted by Gasteiger charge is 2.24. The number of rotatable bonds is 7. The average molecular weight is 443 g/mol. The number of amides is 1. The lowest BCUT2D eigenvalue weighted by Gasteiger charge is -2.11. The van der Waals surface area contributed by atoms with E-state index in [4.69, 9.17) is 21.1 Å². The first-order chi connectivity index (χ1) is 15.0. The highest BCUT2D eigenvalue weighted by atomic mass is 35.5. The molecule has 1 aliphatic rings. The summed E-state index contributed by atoms with van der Waals surface area (Å²) in [6, 6.07) is 11.7. The fourth-order valence-electron chi connectivity index (χ4n) is 2.84. The van der Waals surface area contributed by atoms with Crippen molar-refractivity contribution in [1.82, 2.24) is 15.4 Å². The minimum Gasteiger partial charge on any atom is -0.454 e. The molecule has 0 atom stereocenters. The van der Waals surface area contributed by atoms with E-state index in [2.05, 4.69) is 26.1 Å². The van der Waals surface area contributed by atoms with Gasteiger partial charge in [-0.05, 0) is 29.8 Å². The van der Waals surface area contributed by atoms with E-state index < -0.39 is 16.5 Å². The number of hydrazine groups is 1. The van der Waals surface area contributed by atoms with Crippen LogP contribution in [0.2, 0.25) is 5.02 Å². The number of aromatic nitrogens is 2. The molecule has 2 aromatic carbocycles. The SMILES string of the molecule is O=C(NNc1ncnc(NCc2ccc3c(c2)OCO3)c1[N+](=O)[O-])c1ccccc1Cl. The quantitative estimate of drug-likeness (QED) is 0.371. The summed E-state index contributed by atoms with van der Waals surface area (Å²) >= 11 is 5.99. The Kier molecular flexibility index (Phi) is 5.67. The first-order valence-corrected chi connectivity index (χ1v) is 9.33. The molecule has 4 rings (SSSR count). The molecular weight excluding hydrogens is 428 g/mol. The summed E-state index contributed by atoms with van der Waals surface area (Å²) in [5.41, 5.74) is 5.40. The minimum absolute atomic E-state index is 0.0211. The number of nitrogens with one attached hydrogen (secondary N) is 3. The van der Waals surface area contributed by atoms with Gasteiger partial charge in [-0.3, -0.25) is 25.8 Å². The summed E-state index contributed by atoms with van der Waals surface area (Å²) < 4.78 is 10.6. The molecule has 2 heterocycles. The van der Waals surface area contributed by atoms with Gasteiger partial charge in [0.15, 0.2) is 11.5 Å². The largest absolute Gasteiger partial charge is 0.454 e. The van der Waals surface area contributed by atoms with E-state index in [1.165, 1.54) is 6.07 Å². The van der Waals surface area contributed by atoms with Gasteiger partial charge in [-0.15, -0.1) is 0 Å². The van der Waals surface area contributed by atoms with E-state index in [-0.39, 0.29) is 35.6 Å². The zero-order chi connectivity index (χ0) is 21.8. The summed E-state index contributed by atoms with van der Waals surface area (Å²) in [5, 5.41) is 14.8. The first-order valence-electron chi connectivity index (χ1n) is 8.95. The topological polar surface area (TPSA) is 141 Å². The second-order valence-corrected chi connectivity index (χ2v) is 6.68. The second kappa shape index (κ2) is 8.71. The molecule has 3 aromatic rings. The number of halogens is 1. The summed E-state index contributed by atoms with van der Waals surface area (Å²) in [5.74, 6) is 0.452. The lowest BCUT2D eigenvalue weighted by molar-refractivity contribution is -0.383. The Hall–Kier alpha value is -4.12. The number of carbonyl (C=O) groups is 1. The molecule has 1 amide bonds. The Morgan fingerprint density at radius 1 is 1.13 bits per heavy atom. The smallest absolute Gasteiger partial charge is 0.354 e. The fourth-order valence-corrected chi connectivity index (χ4v) is 3.06. The lowest BCUT2D eigenvalue weighted by Crippen LogP contribution is -2.30. The normalized spacial score (nSPS) is 11.6. The van der Waals surface area contributed by atoms with Gasteiger partial charge >= 0.3 is 5.69 Å². The molecule has 0 spiro atoms. The molecule has 3 N–H and O–H groups in total. The number of anilines is 2. The van der Waals surface area contributed by atoms with Crippen molar-refractivity contribution in [3.8, 4) is 11.5 Å². The van der Waals surface area contributed by atoms with Gasteiger partial charge in [-0.1, -0.05) is 29.8 Å². The van der Waals surface area contributed by atoms with Crippen LogP contribution in [0.1, 0.15) is 15.9 Å². The van der Waals surface area contributed by atoms with Crippen LogP contribution < -0.4 is 25.6 Å². The van der Waals surface area contributed by atoms with Gasteiger partial charge < -0.3 is 14.8 Å². The maximum absolute atomic E-state index is 12.3. The van der Waals surface area contributed by atoms with Crippen molar-refractivity contribution in [2.45, 2.75) is 6.54 Å². The molecule has 0 unspecified atom stereocenters. The van der Waals surface area contributed by atoms with E-state index >= 15 is 0 Å². The van der Waals surface area contributed by atoms with Gasteiger partial charge in [0.05, 0.1) is 15.5 Å². The Bertz CT molecular complexity index is 1160. The molecule has 158 valence electrons. The molecule has 11 nitrogen and oxygen atoms in total. The van der Waals surface area contributed by atoms with Crippen molar-refractivity contribution in [2.75, 3.05) is 17.5 Å². The first kappa shape index (κ1) is 20.2. The van der Waals surface area contributed by atoms with Crippen LogP contribution in [0.4, 0.5) is 17.3 Å². The van der Waals surface area contributed by atoms with Crippen LogP contribution in [0.25, 0.3) is 0 Å². The number of nitrogens with zero attached hydrogens (tertiary/aromatic N) is 3. The van der Waals surface area contributed by atoms with Crippen molar-refractivity contribution in [2.24, 2.45) is 0 Å². The van der Waals surface area contributed by atoms with Crippen LogP contribution in [0.15, 0.2) is 48.8 Å². The summed E-state index contributed by atoms with van der Waals surface area (Å²) in [6.45, 7) is 0.387. The third-order valence-electron chi connectivity index (χ3n) is 4.31. The Balaban J connectivity index is 1.49. The third kappa shape index (κ3) is 4.41. The second-order valence-electron chi connectivity index (χ2n) is 6.28. The van der Waals surface area contributed by atoms with Crippen LogP contribution in [0.3, 0.4) is 0 Å². The highest BCUT2D eigenvalue weighted by Crippen LogP contribution is 2.33. The van der Waals surface area contributed by atoms with E-state index in [0.29, 0.717) is 11.5 Å². The predicted octanol–water partition coefficient (Wildman–Crippen LogP) is 3.14. The Morgan fingerprint density at radius 3 is 2.71 bits per heavy atom. The maximum Gasteiger partial charge on any atom is 0.354 e. The number of hydrogen-bond acceptors (Lipinski definition) is 9. The van der Waals surface area contributed by atoms with Gasteiger partial charge in [-0.2, -0.15) is 0 Å². The third-order valence-corrected chi connectivity index (χ3v) is 4.64. The number of benzene rings is 2. The fraction of sp³-hybridized carbons (Fsp3) is 0.105. The summed E-state index contributed by atoms with van der Waals surface area (Å²) in [7, 11) is 0. The molecule has 12 heteroatoms. The van der Waals surface area contributed by atoms with Crippen LogP contribution >= 0.6 is 11.6 Å². The zero-order valence-electron chi connectivity index (χ0n) is 15.8. The standard InChI is InChI=1S/C19H15ClN6O5/c20-13-4-2-1-3-12(13)19(27)25-24-18-16(26(28)29)17(22-9-23-18)21-8-11-5-6-14-15(7-11)31-10-30-14/h1-7,9H,8,10H2,(H,25,27)(H2,21,22,23,24). The highest BCUT2D eigenvalue weighted by molar-refractivity contribution is 6.33. The van der Waals surface area contributed by atoms with E-state index in [0.717, 1.165) is 11.9 Å². The molecule has 0 bridgehead atoms. The monoisotopic (exact) mass is 442 g/mol. The van der Waals surface area contributed by atoms with Crippen molar-refractivity contribution in [3.63, 3.8) is 0 Å². The summed E-state index contributed by atoms with van der Waals surface area (Å²) in [6.07, 6.45) is 1.14. The van der Waals surface area contributed by atoms with Gasteiger partial charge in [0, 0.05) is 6.54 Å². The molecule has 0 saturated heterocycles. The number of carbonyl (C=O) groups excluding carboxylic acids is 1. The van der Waals surface area contributed by atoms with Crippen molar-refractivity contribution in [1.29, 1.82) is 0 Å². The van der Waals surface area contributed by atoms with Crippen molar-refractivity contribution >= 4 is 34.8 Å². The zero-order valence-corrected chi connectivity index (χ0v) is 16.5. The molecule has 1 aliphatic heterocycles. The minimum atomic E-state index is -0.647. The van der Waals surface area contributed by atoms with Gasteiger partial charge in [0.25, 0.3) is 5.91 Å². The molecule has 0 radical (unpaired) electrons. The van der Waals surface area contributed by atoms with E-state index in [9.17, 15) is 14.9 Å². The average Bonchev–Trinajstić information content (AvgIpc) is 3.24. The van der Waals surface area contributed by atoms with Crippen LogP contribution in [0.5, 0.6) is 11.5 Å². The molecule has 0 aliphatic carbocycles. The molecule has 0 fully saturated rings. The lowest BCUT2D eigenvalue weighted by atomic mass is 10.2. The summed E-state index contributed by atoms with van der Waals surface area (Å²) in [4.78, 5) is 31.1. The van der Waals surface area contributed by atoms with Crippen molar-refractivity contribution < 1.29 is 19.2 Å². The van der Waals surface area contributed by atoms with Crippen LogP contribution in [0, 0.1) is 10.1 Å². The predicted molar refractivity (Wildman–Crippen MR) is 111 cm³/mol. The van der Waals surface area contributed by atoms with Crippen molar-refractivity contribution in [3.05, 3.63) is 75.1 Å². The Morgan fingerprint density at radius 2 is 1.90 bits per heavy atom. The maximum atomic E-state index is 12.3. The molecular formula is C19H15ClN6O5. The number of fused-ring (bicyclic) bond motifs is 1. The number of nitro groups is 1. The number of ether oxygens (including phenoxy) is 2. The van der Waals surface area contributed by atoms with E-state index in [1.807, 2.05) is 0 Å². The van der Waals surface area contributed by atoms with Crippen LogP contribution in [-0.4, -0.2) is 27.6 Å². The molecule has 0 saturated carbocycles. The molecule has 31 heavy (non-hydrogen) atoms. The van der Waals surface area contributed by atoms with Crippen LogP contribution in [-0.2, 0) is 6.54 Å². The van der Waals surface area contributed by atoms with Gasteiger partial charge in [-0.25, -0.2) is 9.97 Å². The molecule has 1 aromatic heterocycles. The van der Waals surface area contributed by atoms with Gasteiger partial charge in [0.1, 0.15) is 6.33 Å². The Labute approximate surface area is 180 Å². The number of hydrogen-bond donors (Lipinski definition) is 3. The van der Waals surface area contributed by atoms with Gasteiger partial charge in [0.2, 0.25) is 18.4 Å².